The van der Waals surface area contributed by atoms with Gasteiger partial charge in [-0.15, -0.1) is 0 Å². The van der Waals surface area contributed by atoms with Gasteiger partial charge in [0.1, 0.15) is 5.82 Å². The highest BCUT2D eigenvalue weighted by atomic mass is 19.4. The number of anilines is 1. The number of hydrogen-bond acceptors (Lipinski definition) is 6. The second-order valence-corrected chi connectivity index (χ2v) is 7.11. The SMILES string of the molecule is CC(CNc1ncc(C(F)(F)F)cn1)N(CC(F)F)C(=O)c1c(F)cccc1-c1ncccn1. The average Bonchev–Trinajstić information content (AvgIpc) is 2.80. The molecule has 180 valence electrons. The molecule has 7 nitrogen and oxygen atoms in total. The van der Waals surface area contributed by atoms with Crippen molar-refractivity contribution in [2.24, 2.45) is 0 Å². The molecule has 0 radical (unpaired) electrons. The molecular formula is C21H18F6N6O. The fourth-order valence-electron chi connectivity index (χ4n) is 3.04. The quantitative estimate of drug-likeness (QED) is 0.480. The molecule has 2 heterocycles. The third-order valence-electron chi connectivity index (χ3n) is 4.70. The van der Waals surface area contributed by atoms with Crippen molar-refractivity contribution in [1.29, 1.82) is 0 Å². The van der Waals surface area contributed by atoms with Crippen LogP contribution in [0.5, 0.6) is 0 Å². The second kappa shape index (κ2) is 10.4. The molecule has 0 saturated heterocycles. The van der Waals surface area contributed by atoms with Gasteiger partial charge >= 0.3 is 6.18 Å². The standard InChI is InChI=1S/C21H18F6N6O/c1-12(8-30-20-31-9-13(10-32-20)21(25,26)27)33(11-16(23)24)19(34)17-14(4-2-5-15(17)22)18-28-6-3-7-29-18/h2-7,9-10,12,16H,8,11H2,1H3,(H,30,31,32). The molecule has 0 aliphatic rings. The van der Waals surface area contributed by atoms with Crippen molar-refractivity contribution in [2.75, 3.05) is 18.4 Å². The van der Waals surface area contributed by atoms with E-state index < -0.39 is 48.0 Å². The first-order valence-electron chi connectivity index (χ1n) is 9.86. The summed E-state index contributed by atoms with van der Waals surface area (Å²) in [7, 11) is 0. The third-order valence-corrected chi connectivity index (χ3v) is 4.70. The van der Waals surface area contributed by atoms with Crippen LogP contribution in [0.4, 0.5) is 32.3 Å². The van der Waals surface area contributed by atoms with Gasteiger partial charge in [0.25, 0.3) is 12.3 Å². The maximum absolute atomic E-state index is 14.7. The first-order chi connectivity index (χ1) is 16.1. The average molecular weight is 484 g/mol. The molecule has 0 bridgehead atoms. The number of aromatic nitrogens is 4. The normalized spacial score (nSPS) is 12.5. The first-order valence-corrected chi connectivity index (χ1v) is 9.86. The van der Waals surface area contributed by atoms with Crippen molar-refractivity contribution in [1.82, 2.24) is 24.8 Å². The number of carbonyl (C=O) groups is 1. The summed E-state index contributed by atoms with van der Waals surface area (Å²) < 4.78 is 79.2. The van der Waals surface area contributed by atoms with Crippen molar-refractivity contribution >= 4 is 11.9 Å². The molecule has 34 heavy (non-hydrogen) atoms. The van der Waals surface area contributed by atoms with Gasteiger partial charge in [0.15, 0.2) is 5.82 Å². The number of carbonyl (C=O) groups excluding carboxylic acids is 1. The Balaban J connectivity index is 1.84. The van der Waals surface area contributed by atoms with Crippen LogP contribution in [-0.2, 0) is 6.18 Å². The Morgan fingerprint density at radius 2 is 1.71 bits per heavy atom. The predicted molar refractivity (Wildman–Crippen MR) is 109 cm³/mol. The van der Waals surface area contributed by atoms with Gasteiger partial charge in [0, 0.05) is 42.9 Å². The van der Waals surface area contributed by atoms with Gasteiger partial charge < -0.3 is 10.2 Å². The van der Waals surface area contributed by atoms with Crippen molar-refractivity contribution < 1.29 is 31.1 Å². The van der Waals surface area contributed by atoms with Crippen LogP contribution in [-0.4, -0.2) is 56.3 Å². The molecular weight excluding hydrogens is 466 g/mol. The van der Waals surface area contributed by atoms with Gasteiger partial charge in [-0.3, -0.25) is 4.79 Å². The van der Waals surface area contributed by atoms with Crippen LogP contribution in [0, 0.1) is 5.82 Å². The number of benzene rings is 1. The Hall–Kier alpha value is -3.77. The Bertz CT molecular complexity index is 1110. The van der Waals surface area contributed by atoms with E-state index in [2.05, 4.69) is 25.3 Å². The number of alkyl halides is 5. The molecule has 0 spiro atoms. The number of nitrogens with one attached hydrogen (secondary N) is 1. The highest BCUT2D eigenvalue weighted by Crippen LogP contribution is 2.28. The highest BCUT2D eigenvalue weighted by Gasteiger charge is 2.32. The minimum Gasteiger partial charge on any atom is -0.352 e. The second-order valence-electron chi connectivity index (χ2n) is 7.11. The van der Waals surface area contributed by atoms with Crippen LogP contribution < -0.4 is 5.32 Å². The summed E-state index contributed by atoms with van der Waals surface area (Å²) in [5, 5.41) is 2.60. The van der Waals surface area contributed by atoms with Crippen LogP contribution >= 0.6 is 0 Å². The number of hydrogen-bond donors (Lipinski definition) is 1. The maximum atomic E-state index is 14.7. The van der Waals surface area contributed by atoms with Crippen molar-refractivity contribution in [2.45, 2.75) is 25.6 Å². The van der Waals surface area contributed by atoms with Crippen LogP contribution in [0.25, 0.3) is 11.4 Å². The smallest absolute Gasteiger partial charge is 0.352 e. The molecule has 1 atom stereocenters. The summed E-state index contributed by atoms with van der Waals surface area (Å²) in [6, 6.07) is 4.31. The molecule has 0 saturated carbocycles. The van der Waals surface area contributed by atoms with Crippen LogP contribution in [0.3, 0.4) is 0 Å². The Labute approximate surface area is 189 Å². The monoisotopic (exact) mass is 484 g/mol. The lowest BCUT2D eigenvalue weighted by Gasteiger charge is -2.30. The fraction of sp³-hybridized carbons (Fsp3) is 0.286. The molecule has 1 amide bonds. The van der Waals surface area contributed by atoms with E-state index in [1.807, 2.05) is 0 Å². The van der Waals surface area contributed by atoms with E-state index in [4.69, 9.17) is 0 Å². The molecule has 13 heteroatoms. The predicted octanol–water partition coefficient (Wildman–Crippen LogP) is 4.30. The number of nitrogens with zero attached hydrogens (tertiary/aromatic N) is 5. The van der Waals surface area contributed by atoms with E-state index in [0.29, 0.717) is 12.4 Å². The number of amides is 1. The lowest BCUT2D eigenvalue weighted by Crippen LogP contribution is -2.45. The molecule has 3 aromatic rings. The zero-order valence-corrected chi connectivity index (χ0v) is 17.6. The summed E-state index contributed by atoms with van der Waals surface area (Å²) in [5.41, 5.74) is -1.51. The lowest BCUT2D eigenvalue weighted by atomic mass is 10.0. The largest absolute Gasteiger partial charge is 0.419 e. The Morgan fingerprint density at radius 1 is 1.06 bits per heavy atom. The van der Waals surface area contributed by atoms with Gasteiger partial charge in [-0.2, -0.15) is 13.2 Å². The van der Waals surface area contributed by atoms with Crippen LogP contribution in [0.1, 0.15) is 22.8 Å². The van der Waals surface area contributed by atoms with Crippen molar-refractivity contribution in [3.8, 4) is 11.4 Å². The molecule has 2 aromatic heterocycles. The van der Waals surface area contributed by atoms with E-state index in [9.17, 15) is 31.1 Å². The molecule has 0 aliphatic carbocycles. The van der Waals surface area contributed by atoms with E-state index in [0.717, 1.165) is 11.0 Å². The minimum absolute atomic E-state index is 0.0242. The zero-order chi connectivity index (χ0) is 24.9. The fourth-order valence-corrected chi connectivity index (χ4v) is 3.04. The topological polar surface area (TPSA) is 83.9 Å². The molecule has 0 fully saturated rings. The van der Waals surface area contributed by atoms with Gasteiger partial charge in [-0.1, -0.05) is 12.1 Å². The van der Waals surface area contributed by atoms with Crippen molar-refractivity contribution in [3.63, 3.8) is 0 Å². The van der Waals surface area contributed by atoms with E-state index >= 15 is 0 Å². The summed E-state index contributed by atoms with van der Waals surface area (Å²) in [4.78, 5) is 29.0. The number of halogens is 6. The van der Waals surface area contributed by atoms with Crippen LogP contribution in [0.15, 0.2) is 49.1 Å². The number of rotatable bonds is 8. The van der Waals surface area contributed by atoms with Gasteiger partial charge in [0.05, 0.1) is 17.7 Å². The zero-order valence-electron chi connectivity index (χ0n) is 17.6. The molecule has 3 rings (SSSR count). The maximum Gasteiger partial charge on any atom is 0.419 e. The molecule has 1 N–H and O–H groups in total. The molecule has 1 unspecified atom stereocenters. The minimum atomic E-state index is -4.62. The third kappa shape index (κ3) is 5.97. The molecule has 0 aliphatic heterocycles. The summed E-state index contributed by atoms with van der Waals surface area (Å²) in [5.74, 6) is -2.14. The summed E-state index contributed by atoms with van der Waals surface area (Å²) >= 11 is 0. The summed E-state index contributed by atoms with van der Waals surface area (Å²) in [6.45, 7) is 0.200. The van der Waals surface area contributed by atoms with Crippen LogP contribution in [0.2, 0.25) is 0 Å². The van der Waals surface area contributed by atoms with E-state index in [-0.39, 0.29) is 23.9 Å². The van der Waals surface area contributed by atoms with Gasteiger partial charge in [-0.05, 0) is 19.1 Å². The Morgan fingerprint density at radius 3 is 2.29 bits per heavy atom. The van der Waals surface area contributed by atoms with E-state index in [1.165, 1.54) is 37.5 Å². The first kappa shape index (κ1) is 24.9. The lowest BCUT2D eigenvalue weighted by molar-refractivity contribution is -0.138. The van der Waals surface area contributed by atoms with Gasteiger partial charge in [-0.25, -0.2) is 33.1 Å². The van der Waals surface area contributed by atoms with E-state index in [1.54, 1.807) is 0 Å². The Kier molecular flexibility index (Phi) is 7.64. The van der Waals surface area contributed by atoms with Crippen molar-refractivity contribution in [3.05, 3.63) is 66.0 Å². The van der Waals surface area contributed by atoms with Gasteiger partial charge in [0.2, 0.25) is 5.95 Å². The molecule has 1 aromatic carbocycles. The summed E-state index contributed by atoms with van der Waals surface area (Å²) in [6.07, 6.45) is -3.66. The highest BCUT2D eigenvalue weighted by molar-refractivity contribution is 6.00.